The van der Waals surface area contributed by atoms with Crippen molar-refractivity contribution in [3.05, 3.63) is 88.7 Å². The molecule has 0 N–H and O–H groups in total. The van der Waals surface area contributed by atoms with Gasteiger partial charge in [0, 0.05) is 25.3 Å². The minimum atomic E-state index is -4.65. The number of ether oxygens (including phenoxy) is 2. The second kappa shape index (κ2) is 10.6. The van der Waals surface area contributed by atoms with Crippen molar-refractivity contribution in [2.45, 2.75) is 43.0 Å². The zero-order valence-electron chi connectivity index (χ0n) is 21.4. The van der Waals surface area contributed by atoms with Crippen LogP contribution in [0.1, 0.15) is 41.1 Å². The molecule has 0 bridgehead atoms. The topological polar surface area (TPSA) is 55.8 Å². The number of likely N-dealkylation sites (tertiary alicyclic amines) is 1. The monoisotopic (exact) mass is 551 g/mol. The minimum Gasteiger partial charge on any atom is -0.495 e. The zero-order chi connectivity index (χ0) is 27.8. The number of sulfone groups is 1. The third kappa shape index (κ3) is 5.66. The van der Waals surface area contributed by atoms with E-state index in [0.717, 1.165) is 18.7 Å². The van der Waals surface area contributed by atoms with E-state index >= 15 is 0 Å². The van der Waals surface area contributed by atoms with Crippen LogP contribution >= 0.6 is 0 Å². The second-order valence-electron chi connectivity index (χ2n) is 9.57. The number of hydrogen-bond donors (Lipinski definition) is 0. The van der Waals surface area contributed by atoms with E-state index in [4.69, 9.17) is 9.47 Å². The Balaban J connectivity index is 1.86. The molecule has 1 aliphatic rings. The van der Waals surface area contributed by atoms with Crippen molar-refractivity contribution >= 4 is 9.84 Å². The average Bonchev–Trinajstić information content (AvgIpc) is 2.82. The third-order valence-electron chi connectivity index (χ3n) is 6.74. The molecular formula is C28H29F4NO4S. The Morgan fingerprint density at radius 2 is 1.68 bits per heavy atom. The van der Waals surface area contributed by atoms with Gasteiger partial charge in [-0.05, 0) is 43.2 Å². The quantitative estimate of drug-likeness (QED) is 0.319. The molecule has 4 rings (SSSR count). The molecule has 1 saturated heterocycles. The first-order valence-corrected chi connectivity index (χ1v) is 13.9. The summed E-state index contributed by atoms with van der Waals surface area (Å²) in [5.41, 5.74) is 2.34. The van der Waals surface area contributed by atoms with Crippen molar-refractivity contribution in [2.75, 3.05) is 26.5 Å². The minimum absolute atomic E-state index is 0.0848. The SMILES string of the molecule is COc1c(S(C)(=O)=O)ccc(O[C@@H](C)C(F)(F)F)c1C(c1ccccc1)N1CC(c2cc(C)ccc2F)C1. The highest BCUT2D eigenvalue weighted by Crippen LogP contribution is 2.48. The van der Waals surface area contributed by atoms with Gasteiger partial charge in [0.2, 0.25) is 0 Å². The summed E-state index contributed by atoms with van der Waals surface area (Å²) in [7, 11) is -2.54. The molecule has 1 heterocycles. The van der Waals surface area contributed by atoms with E-state index in [1.807, 2.05) is 11.8 Å². The van der Waals surface area contributed by atoms with Crippen molar-refractivity contribution in [1.82, 2.24) is 4.90 Å². The van der Waals surface area contributed by atoms with E-state index in [0.29, 0.717) is 24.2 Å². The molecule has 204 valence electrons. The van der Waals surface area contributed by atoms with Gasteiger partial charge in [-0.15, -0.1) is 0 Å². The number of nitrogens with zero attached hydrogens (tertiary/aromatic N) is 1. The van der Waals surface area contributed by atoms with E-state index in [2.05, 4.69) is 0 Å². The Morgan fingerprint density at radius 1 is 1.03 bits per heavy atom. The molecule has 0 spiro atoms. The van der Waals surface area contributed by atoms with Crippen LogP contribution in [0.2, 0.25) is 0 Å². The molecule has 5 nitrogen and oxygen atoms in total. The van der Waals surface area contributed by atoms with Crippen molar-refractivity contribution in [1.29, 1.82) is 0 Å². The molecule has 0 saturated carbocycles. The average molecular weight is 552 g/mol. The summed E-state index contributed by atoms with van der Waals surface area (Å²) in [5.74, 6) is -0.698. The Hall–Kier alpha value is -3.11. The summed E-state index contributed by atoms with van der Waals surface area (Å²) in [6.07, 6.45) is -5.80. The lowest BCUT2D eigenvalue weighted by Gasteiger charge is -2.45. The lowest BCUT2D eigenvalue weighted by atomic mass is 9.85. The molecule has 0 aliphatic carbocycles. The molecule has 0 aromatic heterocycles. The molecule has 3 aromatic carbocycles. The van der Waals surface area contributed by atoms with Crippen LogP contribution in [0, 0.1) is 12.7 Å². The Morgan fingerprint density at radius 3 is 2.26 bits per heavy atom. The number of benzene rings is 3. The number of aryl methyl sites for hydroxylation is 1. The standard InChI is InChI=1S/C28H29F4NO4S/c1-17-10-11-22(29)21(14-17)20-15-33(16-20)26(19-8-6-5-7-9-19)25-23(37-18(2)28(30,31)32)12-13-24(27(25)36-3)38(4,34)35/h5-14,18,20,26H,15-16H2,1-4H3/t18-,26?/m0/s1. The summed E-state index contributed by atoms with van der Waals surface area (Å²) in [6.45, 7) is 3.54. The van der Waals surface area contributed by atoms with E-state index in [-0.39, 0.29) is 33.7 Å². The Labute approximate surface area is 219 Å². The third-order valence-corrected chi connectivity index (χ3v) is 7.86. The van der Waals surface area contributed by atoms with Gasteiger partial charge in [-0.3, -0.25) is 4.90 Å². The predicted molar refractivity (Wildman–Crippen MR) is 136 cm³/mol. The van der Waals surface area contributed by atoms with Crippen molar-refractivity contribution in [2.24, 2.45) is 0 Å². The molecule has 38 heavy (non-hydrogen) atoms. The van der Waals surface area contributed by atoms with Crippen LogP contribution in [0.4, 0.5) is 17.6 Å². The van der Waals surface area contributed by atoms with Gasteiger partial charge >= 0.3 is 6.18 Å². The van der Waals surface area contributed by atoms with Gasteiger partial charge in [0.25, 0.3) is 0 Å². The van der Waals surface area contributed by atoms with E-state index in [1.54, 1.807) is 42.5 Å². The first-order chi connectivity index (χ1) is 17.8. The molecule has 1 unspecified atom stereocenters. The maximum atomic E-state index is 14.6. The van der Waals surface area contributed by atoms with Crippen LogP contribution in [0.15, 0.2) is 65.6 Å². The molecule has 10 heteroatoms. The van der Waals surface area contributed by atoms with Crippen molar-refractivity contribution in [3.63, 3.8) is 0 Å². The number of alkyl halides is 3. The lowest BCUT2D eigenvalue weighted by Crippen LogP contribution is -2.47. The molecular weight excluding hydrogens is 522 g/mol. The van der Waals surface area contributed by atoms with Crippen LogP contribution in [0.5, 0.6) is 11.5 Å². The maximum Gasteiger partial charge on any atom is 0.425 e. The first-order valence-electron chi connectivity index (χ1n) is 12.0. The highest BCUT2D eigenvalue weighted by Gasteiger charge is 2.42. The largest absolute Gasteiger partial charge is 0.495 e. The van der Waals surface area contributed by atoms with Crippen LogP contribution in [0.25, 0.3) is 0 Å². The Bertz CT molecular complexity index is 1400. The fourth-order valence-corrected chi connectivity index (χ4v) is 5.62. The van der Waals surface area contributed by atoms with Gasteiger partial charge in [0.1, 0.15) is 22.2 Å². The smallest absolute Gasteiger partial charge is 0.425 e. The molecule has 0 radical (unpaired) electrons. The molecule has 2 atom stereocenters. The van der Waals surface area contributed by atoms with Gasteiger partial charge in [-0.1, -0.05) is 48.0 Å². The van der Waals surface area contributed by atoms with E-state index in [1.165, 1.54) is 25.3 Å². The number of halogens is 4. The molecule has 1 fully saturated rings. The number of rotatable bonds is 8. The lowest BCUT2D eigenvalue weighted by molar-refractivity contribution is -0.189. The van der Waals surface area contributed by atoms with E-state index in [9.17, 15) is 26.0 Å². The summed E-state index contributed by atoms with van der Waals surface area (Å²) in [6, 6.07) is 15.6. The van der Waals surface area contributed by atoms with E-state index < -0.39 is 28.2 Å². The summed E-state index contributed by atoms with van der Waals surface area (Å²) in [5, 5.41) is 0. The fourth-order valence-electron chi connectivity index (χ4n) is 4.77. The molecule has 1 aliphatic heterocycles. The summed E-state index contributed by atoms with van der Waals surface area (Å²) >= 11 is 0. The number of hydrogen-bond acceptors (Lipinski definition) is 5. The van der Waals surface area contributed by atoms with Crippen LogP contribution < -0.4 is 9.47 Å². The Kier molecular flexibility index (Phi) is 7.76. The van der Waals surface area contributed by atoms with Gasteiger partial charge in [-0.2, -0.15) is 13.2 Å². The highest BCUT2D eigenvalue weighted by molar-refractivity contribution is 7.90. The second-order valence-corrected chi connectivity index (χ2v) is 11.6. The van der Waals surface area contributed by atoms with Crippen molar-refractivity contribution < 1.29 is 35.5 Å². The van der Waals surface area contributed by atoms with Crippen molar-refractivity contribution in [3.8, 4) is 11.5 Å². The normalized spacial score (nSPS) is 16.5. The van der Waals surface area contributed by atoms with Crippen LogP contribution in [0.3, 0.4) is 0 Å². The first kappa shape index (κ1) is 27.9. The van der Waals surface area contributed by atoms with Gasteiger partial charge in [0.15, 0.2) is 15.9 Å². The van der Waals surface area contributed by atoms with Gasteiger partial charge in [-0.25, -0.2) is 12.8 Å². The van der Waals surface area contributed by atoms with Gasteiger partial charge < -0.3 is 9.47 Å². The predicted octanol–water partition coefficient (Wildman–Crippen LogP) is 6.06. The summed E-state index contributed by atoms with van der Waals surface area (Å²) < 4.78 is 91.3. The zero-order valence-corrected chi connectivity index (χ0v) is 22.2. The summed E-state index contributed by atoms with van der Waals surface area (Å²) in [4.78, 5) is 1.79. The number of methoxy groups -OCH3 is 1. The fraction of sp³-hybridized carbons (Fsp3) is 0.357. The van der Waals surface area contributed by atoms with Crippen LogP contribution in [-0.2, 0) is 9.84 Å². The van der Waals surface area contributed by atoms with Gasteiger partial charge in [0.05, 0.1) is 18.7 Å². The highest BCUT2D eigenvalue weighted by atomic mass is 32.2. The molecule has 3 aromatic rings. The maximum absolute atomic E-state index is 14.6. The van der Waals surface area contributed by atoms with Crippen LogP contribution in [-0.4, -0.2) is 52.1 Å². The molecule has 0 amide bonds.